The third-order valence-corrected chi connectivity index (χ3v) is 4.23. The Bertz CT molecular complexity index is 611. The Morgan fingerprint density at radius 3 is 2.00 bits per heavy atom. The smallest absolute Gasteiger partial charge is 0.330 e. The van der Waals surface area contributed by atoms with E-state index >= 15 is 0 Å². The van der Waals surface area contributed by atoms with E-state index in [1.807, 2.05) is 13.0 Å². The summed E-state index contributed by atoms with van der Waals surface area (Å²) in [4.78, 5) is 21.8. The maximum atomic E-state index is 11.1. The summed E-state index contributed by atoms with van der Waals surface area (Å²) in [5, 5.41) is 27.0. The van der Waals surface area contributed by atoms with Crippen molar-refractivity contribution < 1.29 is 29.6 Å². The van der Waals surface area contributed by atoms with Crippen LogP contribution in [0.5, 0.6) is 0 Å². The van der Waals surface area contributed by atoms with Crippen molar-refractivity contribution in [3.05, 3.63) is 46.6 Å². The topological polar surface area (TPSA) is 104 Å². The standard InChI is InChI=1S/C22H34O6/c1-17(7-4-9-18(2)22(26)27)8-5-11-21(16-28-19(3)25)12-6-10-20(15-24)13-14-23/h8-9,12-13,23-24H,4-7,10-11,14-16H2,1-3H3,(H,26,27). The molecule has 28 heavy (non-hydrogen) atoms. The summed E-state index contributed by atoms with van der Waals surface area (Å²) in [6.07, 6.45) is 11.9. The number of hydrogen-bond donors (Lipinski definition) is 3. The minimum absolute atomic E-state index is 0.0780. The van der Waals surface area contributed by atoms with Crippen molar-refractivity contribution in [1.29, 1.82) is 0 Å². The normalized spacial score (nSPS) is 13.6. The van der Waals surface area contributed by atoms with Crippen LogP contribution in [0.2, 0.25) is 0 Å². The summed E-state index contributed by atoms with van der Waals surface area (Å²) in [7, 11) is 0. The molecule has 0 aliphatic carbocycles. The molecule has 0 saturated carbocycles. The van der Waals surface area contributed by atoms with Crippen LogP contribution in [-0.4, -0.2) is 47.1 Å². The van der Waals surface area contributed by atoms with Gasteiger partial charge in [0.05, 0.1) is 13.2 Å². The van der Waals surface area contributed by atoms with Gasteiger partial charge in [-0.25, -0.2) is 4.79 Å². The molecule has 0 aliphatic rings. The molecular formula is C22H34O6. The molecule has 0 spiro atoms. The molecule has 0 bridgehead atoms. The zero-order chi connectivity index (χ0) is 21.4. The number of aliphatic hydroxyl groups excluding tert-OH is 2. The summed E-state index contributed by atoms with van der Waals surface area (Å²) < 4.78 is 5.11. The van der Waals surface area contributed by atoms with E-state index in [1.165, 1.54) is 12.5 Å². The van der Waals surface area contributed by atoms with Gasteiger partial charge in [-0.2, -0.15) is 0 Å². The zero-order valence-corrected chi connectivity index (χ0v) is 17.2. The molecule has 0 rings (SSSR count). The van der Waals surface area contributed by atoms with E-state index in [0.717, 1.165) is 30.4 Å². The first-order valence-electron chi connectivity index (χ1n) is 9.56. The lowest BCUT2D eigenvalue weighted by atomic mass is 10.0. The third kappa shape index (κ3) is 13.9. The molecule has 0 aliphatic heterocycles. The van der Waals surface area contributed by atoms with Crippen LogP contribution in [0.3, 0.4) is 0 Å². The summed E-state index contributed by atoms with van der Waals surface area (Å²) in [5.41, 5.74) is 3.35. The molecule has 6 nitrogen and oxygen atoms in total. The number of allylic oxidation sites excluding steroid dienone is 4. The molecule has 158 valence electrons. The summed E-state index contributed by atoms with van der Waals surface area (Å²) >= 11 is 0. The van der Waals surface area contributed by atoms with Crippen LogP contribution in [0, 0.1) is 0 Å². The number of carboxylic acids is 1. The van der Waals surface area contributed by atoms with Gasteiger partial charge in [-0.05, 0) is 63.5 Å². The van der Waals surface area contributed by atoms with Gasteiger partial charge in [-0.3, -0.25) is 4.79 Å². The Morgan fingerprint density at radius 2 is 1.43 bits per heavy atom. The van der Waals surface area contributed by atoms with E-state index in [0.29, 0.717) is 24.8 Å². The Labute approximate surface area is 167 Å². The summed E-state index contributed by atoms with van der Waals surface area (Å²) in [5.74, 6) is -1.21. The fourth-order valence-corrected chi connectivity index (χ4v) is 2.47. The Hall–Kier alpha value is -2.18. The highest BCUT2D eigenvalue weighted by atomic mass is 16.5. The molecule has 0 amide bonds. The average Bonchev–Trinajstić information content (AvgIpc) is 2.64. The van der Waals surface area contributed by atoms with Crippen LogP contribution in [0.25, 0.3) is 0 Å². The lowest BCUT2D eigenvalue weighted by Gasteiger charge is -2.08. The highest BCUT2D eigenvalue weighted by Gasteiger charge is 2.02. The second-order valence-corrected chi connectivity index (χ2v) is 6.70. The second-order valence-electron chi connectivity index (χ2n) is 6.70. The van der Waals surface area contributed by atoms with Crippen molar-refractivity contribution in [2.45, 2.75) is 59.3 Å². The van der Waals surface area contributed by atoms with Gasteiger partial charge < -0.3 is 20.1 Å². The predicted octanol–water partition coefficient (Wildman–Crippen LogP) is 3.70. The maximum Gasteiger partial charge on any atom is 0.330 e. The van der Waals surface area contributed by atoms with E-state index in [1.54, 1.807) is 19.1 Å². The highest BCUT2D eigenvalue weighted by Crippen LogP contribution is 2.14. The Morgan fingerprint density at radius 1 is 0.821 bits per heavy atom. The lowest BCUT2D eigenvalue weighted by Crippen LogP contribution is -2.03. The SMILES string of the molecule is CC(=O)OCC(=CCCC(=CCO)CO)CCC=C(C)CCC=C(C)C(=O)O. The largest absolute Gasteiger partial charge is 0.478 e. The number of esters is 1. The lowest BCUT2D eigenvalue weighted by molar-refractivity contribution is -0.140. The molecule has 0 heterocycles. The van der Waals surface area contributed by atoms with Gasteiger partial charge in [0.15, 0.2) is 0 Å². The van der Waals surface area contributed by atoms with Crippen LogP contribution in [0.4, 0.5) is 0 Å². The third-order valence-electron chi connectivity index (χ3n) is 4.23. The number of rotatable bonds is 14. The molecule has 3 N–H and O–H groups in total. The van der Waals surface area contributed by atoms with Crippen molar-refractivity contribution in [2.24, 2.45) is 0 Å². The summed E-state index contributed by atoms with van der Waals surface area (Å²) in [6, 6.07) is 0. The van der Waals surface area contributed by atoms with Gasteiger partial charge in [-0.15, -0.1) is 0 Å². The van der Waals surface area contributed by atoms with Crippen molar-refractivity contribution >= 4 is 11.9 Å². The fourth-order valence-electron chi connectivity index (χ4n) is 2.47. The van der Waals surface area contributed by atoms with E-state index in [2.05, 4.69) is 6.08 Å². The van der Waals surface area contributed by atoms with Gasteiger partial charge in [0.1, 0.15) is 6.61 Å². The van der Waals surface area contributed by atoms with Gasteiger partial charge in [-0.1, -0.05) is 29.9 Å². The molecule has 0 unspecified atom stereocenters. The van der Waals surface area contributed by atoms with E-state index in [9.17, 15) is 14.7 Å². The summed E-state index contributed by atoms with van der Waals surface area (Å²) in [6.45, 7) is 5.07. The van der Waals surface area contributed by atoms with Crippen molar-refractivity contribution in [2.75, 3.05) is 19.8 Å². The Balaban J connectivity index is 4.63. The predicted molar refractivity (Wildman–Crippen MR) is 110 cm³/mol. The quantitative estimate of drug-likeness (QED) is 0.236. The number of aliphatic carboxylic acids is 1. The number of ether oxygens (including phenoxy) is 1. The van der Waals surface area contributed by atoms with Crippen LogP contribution in [0.15, 0.2) is 46.6 Å². The van der Waals surface area contributed by atoms with Gasteiger partial charge in [0.2, 0.25) is 0 Å². The van der Waals surface area contributed by atoms with E-state index in [4.69, 9.17) is 14.9 Å². The number of carbonyl (C=O) groups is 2. The van der Waals surface area contributed by atoms with Crippen LogP contribution in [0.1, 0.15) is 59.3 Å². The maximum absolute atomic E-state index is 11.1. The first-order valence-corrected chi connectivity index (χ1v) is 9.56. The number of aliphatic hydroxyl groups is 2. The van der Waals surface area contributed by atoms with E-state index < -0.39 is 5.97 Å². The minimum Gasteiger partial charge on any atom is -0.478 e. The van der Waals surface area contributed by atoms with Gasteiger partial charge >= 0.3 is 11.9 Å². The zero-order valence-electron chi connectivity index (χ0n) is 17.2. The molecule has 0 saturated heterocycles. The second kappa shape index (κ2) is 15.8. The molecule has 0 radical (unpaired) electrons. The van der Waals surface area contributed by atoms with Crippen molar-refractivity contribution in [3.63, 3.8) is 0 Å². The van der Waals surface area contributed by atoms with Crippen LogP contribution >= 0.6 is 0 Å². The van der Waals surface area contributed by atoms with Crippen molar-refractivity contribution in [3.8, 4) is 0 Å². The molecule has 0 aromatic rings. The molecular weight excluding hydrogens is 360 g/mol. The average molecular weight is 395 g/mol. The molecule has 6 heteroatoms. The van der Waals surface area contributed by atoms with E-state index in [-0.39, 0.29) is 25.8 Å². The molecule has 0 fully saturated rings. The fraction of sp³-hybridized carbons (Fsp3) is 0.545. The number of carboxylic acid groups (broad SMARTS) is 1. The molecule has 0 aromatic carbocycles. The van der Waals surface area contributed by atoms with Gasteiger partial charge in [0, 0.05) is 12.5 Å². The minimum atomic E-state index is -0.889. The molecule has 0 atom stereocenters. The first-order chi connectivity index (χ1) is 13.3. The highest BCUT2D eigenvalue weighted by molar-refractivity contribution is 5.85. The number of carbonyl (C=O) groups excluding carboxylic acids is 1. The Kier molecular flexibility index (Phi) is 14.6. The monoisotopic (exact) mass is 394 g/mol. The molecule has 0 aromatic heterocycles. The van der Waals surface area contributed by atoms with Crippen molar-refractivity contribution in [1.82, 2.24) is 0 Å². The van der Waals surface area contributed by atoms with Crippen LogP contribution < -0.4 is 0 Å². The number of hydrogen-bond acceptors (Lipinski definition) is 5. The van der Waals surface area contributed by atoms with Crippen LogP contribution in [-0.2, 0) is 14.3 Å². The first kappa shape index (κ1) is 25.8. The van der Waals surface area contributed by atoms with Gasteiger partial charge in [0.25, 0.3) is 0 Å².